The lowest BCUT2D eigenvalue weighted by atomic mass is 9.94. The summed E-state index contributed by atoms with van der Waals surface area (Å²) in [5.74, 6) is -0.187. The lowest BCUT2D eigenvalue weighted by Gasteiger charge is -2.24. The van der Waals surface area contributed by atoms with E-state index in [1.807, 2.05) is 12.1 Å². The highest BCUT2D eigenvalue weighted by atomic mass is 19.1. The van der Waals surface area contributed by atoms with Crippen molar-refractivity contribution in [3.8, 4) is 0 Å². The van der Waals surface area contributed by atoms with Crippen molar-refractivity contribution in [3.63, 3.8) is 0 Å². The van der Waals surface area contributed by atoms with Crippen LogP contribution in [-0.2, 0) is 6.42 Å². The second-order valence-corrected chi connectivity index (χ2v) is 5.25. The molecule has 0 bridgehead atoms. The molecular formula is C17H15FN2. The van der Waals surface area contributed by atoms with Gasteiger partial charge in [-0.25, -0.2) is 4.39 Å². The molecule has 0 aliphatic carbocycles. The molecule has 2 aromatic carbocycles. The molecule has 2 heterocycles. The van der Waals surface area contributed by atoms with E-state index in [9.17, 15) is 4.39 Å². The standard InChI is InChI=1S/C17H15FN2/c18-12-5-3-4-11(10-12)16-17-14(8-9-19-16)13-6-1-2-7-15(13)20-17/h1-7,10,16,19-20H,8-9H2. The SMILES string of the molecule is Fc1cccc(C2NCCc3c2[nH]c2ccccc32)c1. The fourth-order valence-corrected chi connectivity index (χ4v) is 3.15. The number of nitrogens with one attached hydrogen (secondary N) is 2. The number of aromatic nitrogens is 1. The van der Waals surface area contributed by atoms with Gasteiger partial charge in [-0.15, -0.1) is 0 Å². The molecule has 1 aliphatic heterocycles. The van der Waals surface area contributed by atoms with Crippen LogP contribution < -0.4 is 5.32 Å². The highest BCUT2D eigenvalue weighted by Gasteiger charge is 2.25. The minimum absolute atomic E-state index is 0.0434. The number of benzene rings is 2. The predicted octanol–water partition coefficient (Wildman–Crippen LogP) is 3.54. The van der Waals surface area contributed by atoms with E-state index in [4.69, 9.17) is 0 Å². The molecule has 2 nitrogen and oxygen atoms in total. The summed E-state index contributed by atoms with van der Waals surface area (Å²) < 4.78 is 13.5. The number of hydrogen-bond donors (Lipinski definition) is 2. The van der Waals surface area contributed by atoms with Gasteiger partial charge in [-0.1, -0.05) is 30.3 Å². The molecule has 1 aliphatic rings. The molecule has 1 aromatic heterocycles. The van der Waals surface area contributed by atoms with Crippen molar-refractivity contribution in [1.82, 2.24) is 10.3 Å². The first-order valence-corrected chi connectivity index (χ1v) is 6.91. The van der Waals surface area contributed by atoms with E-state index in [-0.39, 0.29) is 11.9 Å². The van der Waals surface area contributed by atoms with Crippen LogP contribution in [0.1, 0.15) is 22.9 Å². The van der Waals surface area contributed by atoms with Crippen molar-refractivity contribution in [1.29, 1.82) is 0 Å². The molecule has 3 aromatic rings. The average molecular weight is 266 g/mol. The molecule has 0 spiro atoms. The van der Waals surface area contributed by atoms with E-state index in [1.165, 1.54) is 22.7 Å². The number of hydrogen-bond acceptors (Lipinski definition) is 1. The van der Waals surface area contributed by atoms with Crippen LogP contribution in [0.4, 0.5) is 4.39 Å². The number of H-pyrrole nitrogens is 1. The number of aromatic amines is 1. The zero-order valence-electron chi connectivity index (χ0n) is 11.0. The van der Waals surface area contributed by atoms with Gasteiger partial charge >= 0.3 is 0 Å². The van der Waals surface area contributed by atoms with E-state index in [2.05, 4.69) is 28.5 Å². The van der Waals surface area contributed by atoms with Gasteiger partial charge in [-0.2, -0.15) is 0 Å². The third-order valence-corrected chi connectivity index (χ3v) is 4.04. The Bertz CT molecular complexity index is 776. The monoisotopic (exact) mass is 266 g/mol. The van der Waals surface area contributed by atoms with E-state index in [1.54, 1.807) is 12.1 Å². The first-order chi connectivity index (χ1) is 9.83. The molecule has 1 unspecified atom stereocenters. The molecule has 2 N–H and O–H groups in total. The third kappa shape index (κ3) is 1.74. The average Bonchev–Trinajstić information content (AvgIpc) is 2.86. The van der Waals surface area contributed by atoms with Gasteiger partial charge in [0, 0.05) is 23.1 Å². The summed E-state index contributed by atoms with van der Waals surface area (Å²) in [4.78, 5) is 3.50. The largest absolute Gasteiger partial charge is 0.357 e. The minimum Gasteiger partial charge on any atom is -0.357 e. The van der Waals surface area contributed by atoms with Gasteiger partial charge in [0.1, 0.15) is 5.82 Å². The molecule has 100 valence electrons. The van der Waals surface area contributed by atoms with Crippen LogP contribution in [0, 0.1) is 5.82 Å². The Labute approximate surface area is 116 Å². The number of halogens is 1. The fourth-order valence-electron chi connectivity index (χ4n) is 3.15. The summed E-state index contributed by atoms with van der Waals surface area (Å²) in [5.41, 5.74) is 4.65. The van der Waals surface area contributed by atoms with Crippen LogP contribution in [0.2, 0.25) is 0 Å². The first kappa shape index (κ1) is 11.7. The van der Waals surface area contributed by atoms with Gasteiger partial charge in [-0.3, -0.25) is 0 Å². The topological polar surface area (TPSA) is 27.8 Å². The molecule has 0 fully saturated rings. The minimum atomic E-state index is -0.187. The van der Waals surface area contributed by atoms with Crippen molar-refractivity contribution in [3.05, 3.63) is 71.2 Å². The Balaban J connectivity index is 1.90. The molecular weight excluding hydrogens is 251 g/mol. The maximum Gasteiger partial charge on any atom is 0.123 e. The van der Waals surface area contributed by atoms with Gasteiger partial charge in [0.05, 0.1) is 6.04 Å². The van der Waals surface area contributed by atoms with Crippen molar-refractivity contribution < 1.29 is 4.39 Å². The lowest BCUT2D eigenvalue weighted by molar-refractivity contribution is 0.553. The van der Waals surface area contributed by atoms with E-state index in [0.29, 0.717) is 0 Å². The van der Waals surface area contributed by atoms with Crippen molar-refractivity contribution in [2.75, 3.05) is 6.54 Å². The third-order valence-electron chi connectivity index (χ3n) is 4.04. The van der Waals surface area contributed by atoms with E-state index < -0.39 is 0 Å². The Morgan fingerprint density at radius 1 is 1.05 bits per heavy atom. The first-order valence-electron chi connectivity index (χ1n) is 6.91. The molecule has 4 rings (SSSR count). The predicted molar refractivity (Wildman–Crippen MR) is 78.2 cm³/mol. The Morgan fingerprint density at radius 2 is 1.95 bits per heavy atom. The van der Waals surface area contributed by atoms with Crippen molar-refractivity contribution >= 4 is 10.9 Å². The summed E-state index contributed by atoms with van der Waals surface area (Å²) in [6.45, 7) is 0.913. The van der Waals surface area contributed by atoms with Crippen LogP contribution in [0.5, 0.6) is 0 Å². The smallest absolute Gasteiger partial charge is 0.123 e. The molecule has 0 radical (unpaired) electrons. The normalized spacial score (nSPS) is 18.1. The molecule has 0 saturated heterocycles. The zero-order valence-corrected chi connectivity index (χ0v) is 11.0. The molecule has 0 saturated carbocycles. The Hall–Kier alpha value is -2.13. The fraction of sp³-hybridized carbons (Fsp3) is 0.176. The Kier molecular flexibility index (Phi) is 2.60. The summed E-state index contributed by atoms with van der Waals surface area (Å²) in [6, 6.07) is 15.2. The van der Waals surface area contributed by atoms with Crippen LogP contribution in [0.25, 0.3) is 10.9 Å². The molecule has 0 amide bonds. The molecule has 3 heteroatoms. The number of para-hydroxylation sites is 1. The lowest BCUT2D eigenvalue weighted by Crippen LogP contribution is -2.30. The van der Waals surface area contributed by atoms with Gasteiger partial charge < -0.3 is 10.3 Å². The second-order valence-electron chi connectivity index (χ2n) is 5.25. The quantitative estimate of drug-likeness (QED) is 0.692. The highest BCUT2D eigenvalue weighted by molar-refractivity contribution is 5.85. The highest BCUT2D eigenvalue weighted by Crippen LogP contribution is 2.33. The Morgan fingerprint density at radius 3 is 2.85 bits per heavy atom. The van der Waals surface area contributed by atoms with Crippen LogP contribution in [0.15, 0.2) is 48.5 Å². The summed E-state index contributed by atoms with van der Waals surface area (Å²) in [7, 11) is 0. The van der Waals surface area contributed by atoms with Crippen LogP contribution in [-0.4, -0.2) is 11.5 Å². The van der Waals surface area contributed by atoms with Crippen LogP contribution >= 0.6 is 0 Å². The maximum absolute atomic E-state index is 13.5. The van der Waals surface area contributed by atoms with Crippen molar-refractivity contribution in [2.45, 2.75) is 12.5 Å². The number of fused-ring (bicyclic) bond motifs is 3. The molecule has 20 heavy (non-hydrogen) atoms. The summed E-state index contributed by atoms with van der Waals surface area (Å²) in [6.07, 6.45) is 1.01. The van der Waals surface area contributed by atoms with Crippen LogP contribution in [0.3, 0.4) is 0 Å². The van der Waals surface area contributed by atoms with Gasteiger partial charge in [0.25, 0.3) is 0 Å². The van der Waals surface area contributed by atoms with Gasteiger partial charge in [-0.05, 0) is 35.7 Å². The van der Waals surface area contributed by atoms with E-state index in [0.717, 1.165) is 24.0 Å². The van der Waals surface area contributed by atoms with Gasteiger partial charge in [0.2, 0.25) is 0 Å². The maximum atomic E-state index is 13.5. The van der Waals surface area contributed by atoms with E-state index >= 15 is 0 Å². The second kappa shape index (κ2) is 4.46. The molecule has 1 atom stereocenters. The summed E-state index contributed by atoms with van der Waals surface area (Å²) in [5, 5.41) is 4.76. The van der Waals surface area contributed by atoms with Crippen molar-refractivity contribution in [2.24, 2.45) is 0 Å². The zero-order chi connectivity index (χ0) is 13.5. The summed E-state index contributed by atoms with van der Waals surface area (Å²) >= 11 is 0. The number of rotatable bonds is 1. The van der Waals surface area contributed by atoms with Gasteiger partial charge in [0.15, 0.2) is 0 Å².